The molecule has 0 radical (unpaired) electrons. The standard InChI is InChI=1S/C14H17N3O2.C10H7ClN2O2.C9H5ClN2O2/c1-4-16(5-2)13-11(9-18)14(19)17-8-6-7-10(3)12(17)15-13;1-6-2-3-13-8(4-6)12-9(11)7(5-14)10(13)15;10-8-6(5-13)9(14)12-4-2-1-3-7(12)11-8/h6-9H,4-5H2,1-3H3;2-5H,1H3;1-5H. The molecule has 0 saturated heterocycles. The minimum absolute atomic E-state index is 0.0550. The number of aryl methyl sites for hydroxylation is 2. The maximum Gasteiger partial charge on any atom is 0.270 e. The molecule has 0 aliphatic heterocycles. The zero-order valence-electron chi connectivity index (χ0n) is 26.3. The van der Waals surface area contributed by atoms with Crippen LogP contribution >= 0.6 is 23.2 Å². The Morgan fingerprint density at radius 3 is 1.79 bits per heavy atom. The van der Waals surface area contributed by atoms with Crippen LogP contribution in [-0.4, -0.2) is 60.1 Å². The summed E-state index contributed by atoms with van der Waals surface area (Å²) in [6, 6.07) is 12.2. The van der Waals surface area contributed by atoms with Gasteiger partial charge in [0.1, 0.15) is 49.8 Å². The van der Waals surface area contributed by atoms with Gasteiger partial charge in [-0.2, -0.15) is 0 Å². The van der Waals surface area contributed by atoms with E-state index in [-0.39, 0.29) is 32.6 Å². The summed E-state index contributed by atoms with van der Waals surface area (Å²) in [5.41, 5.74) is 2.02. The number of hydrogen-bond acceptors (Lipinski definition) is 10. The molecule has 15 heteroatoms. The van der Waals surface area contributed by atoms with Crippen LogP contribution in [0.2, 0.25) is 10.3 Å². The second-order valence-corrected chi connectivity index (χ2v) is 10.9. The molecular formula is C33H29Cl2N7O6. The average molecular weight is 691 g/mol. The molecule has 48 heavy (non-hydrogen) atoms. The molecule has 0 N–H and O–H groups in total. The van der Waals surface area contributed by atoms with Gasteiger partial charge in [0.05, 0.1) is 0 Å². The Balaban J connectivity index is 0.000000165. The molecular weight excluding hydrogens is 661 g/mol. The number of carbonyl (C=O) groups is 3. The van der Waals surface area contributed by atoms with Crippen LogP contribution in [0, 0.1) is 13.8 Å². The highest BCUT2D eigenvalue weighted by Gasteiger charge is 2.17. The van der Waals surface area contributed by atoms with Crippen LogP contribution in [0.1, 0.15) is 56.0 Å². The average Bonchev–Trinajstić information content (AvgIpc) is 3.07. The van der Waals surface area contributed by atoms with Crippen molar-refractivity contribution in [1.82, 2.24) is 28.2 Å². The molecule has 6 aromatic rings. The van der Waals surface area contributed by atoms with Gasteiger partial charge in [0.15, 0.2) is 18.9 Å². The quantitative estimate of drug-likeness (QED) is 0.182. The van der Waals surface area contributed by atoms with Gasteiger partial charge in [-0.3, -0.25) is 42.0 Å². The third-order valence-electron chi connectivity index (χ3n) is 7.18. The lowest BCUT2D eigenvalue weighted by Crippen LogP contribution is -2.30. The van der Waals surface area contributed by atoms with Gasteiger partial charge in [0, 0.05) is 31.7 Å². The molecule has 0 saturated carbocycles. The summed E-state index contributed by atoms with van der Waals surface area (Å²) in [4.78, 5) is 82.3. The molecule has 0 amide bonds. The van der Waals surface area contributed by atoms with Crippen molar-refractivity contribution in [1.29, 1.82) is 0 Å². The van der Waals surface area contributed by atoms with Gasteiger partial charge in [-0.15, -0.1) is 0 Å². The number of nitrogens with zero attached hydrogens (tertiary/aromatic N) is 7. The van der Waals surface area contributed by atoms with Gasteiger partial charge < -0.3 is 4.90 Å². The Kier molecular flexibility index (Phi) is 11.3. The SMILES string of the molecule is CCN(CC)c1nc2c(C)cccn2c(=O)c1C=O.Cc1ccn2c(=O)c(C=O)c(Cl)nc2c1.O=Cc1c(Cl)nc2ccccn2c1=O. The van der Waals surface area contributed by atoms with E-state index in [4.69, 9.17) is 23.2 Å². The summed E-state index contributed by atoms with van der Waals surface area (Å²) in [5, 5.41) is -0.114. The van der Waals surface area contributed by atoms with Gasteiger partial charge in [-0.05, 0) is 69.2 Å². The third-order valence-corrected chi connectivity index (χ3v) is 7.75. The number of carbonyl (C=O) groups excluding carboxylic acids is 3. The van der Waals surface area contributed by atoms with Crippen molar-refractivity contribution in [2.45, 2.75) is 27.7 Å². The van der Waals surface area contributed by atoms with Crippen molar-refractivity contribution in [2.75, 3.05) is 18.0 Å². The Morgan fingerprint density at radius 1 is 0.667 bits per heavy atom. The van der Waals surface area contributed by atoms with Gasteiger partial charge in [-0.25, -0.2) is 15.0 Å². The lowest BCUT2D eigenvalue weighted by Gasteiger charge is -2.21. The van der Waals surface area contributed by atoms with Crippen LogP contribution in [0.3, 0.4) is 0 Å². The fourth-order valence-corrected chi connectivity index (χ4v) is 5.09. The van der Waals surface area contributed by atoms with E-state index in [1.54, 1.807) is 48.8 Å². The van der Waals surface area contributed by atoms with E-state index < -0.39 is 11.1 Å². The maximum absolute atomic E-state index is 12.3. The molecule has 6 aromatic heterocycles. The van der Waals surface area contributed by atoms with Crippen molar-refractivity contribution in [2.24, 2.45) is 0 Å². The molecule has 0 unspecified atom stereocenters. The van der Waals surface area contributed by atoms with Crippen LogP contribution < -0.4 is 21.6 Å². The predicted octanol–water partition coefficient (Wildman–Crippen LogP) is 4.29. The van der Waals surface area contributed by atoms with Crippen LogP contribution in [0.15, 0.2) is 75.4 Å². The second-order valence-electron chi connectivity index (χ2n) is 10.2. The minimum atomic E-state index is -0.449. The van der Waals surface area contributed by atoms with E-state index in [0.29, 0.717) is 54.7 Å². The summed E-state index contributed by atoms with van der Waals surface area (Å²) in [7, 11) is 0. The monoisotopic (exact) mass is 689 g/mol. The highest BCUT2D eigenvalue weighted by molar-refractivity contribution is 6.32. The molecule has 6 rings (SSSR count). The van der Waals surface area contributed by atoms with Gasteiger partial charge in [0.25, 0.3) is 16.7 Å². The largest absolute Gasteiger partial charge is 0.356 e. The van der Waals surface area contributed by atoms with E-state index in [9.17, 15) is 28.8 Å². The second kappa shape index (κ2) is 15.4. The summed E-state index contributed by atoms with van der Waals surface area (Å²) < 4.78 is 3.99. The van der Waals surface area contributed by atoms with Crippen molar-refractivity contribution < 1.29 is 14.4 Å². The van der Waals surface area contributed by atoms with E-state index in [1.807, 2.05) is 38.7 Å². The topological polar surface area (TPSA) is 158 Å². The number of aldehydes is 3. The van der Waals surface area contributed by atoms with Crippen molar-refractivity contribution >= 4 is 64.8 Å². The molecule has 0 atom stereocenters. The smallest absolute Gasteiger partial charge is 0.270 e. The zero-order valence-corrected chi connectivity index (χ0v) is 27.8. The maximum atomic E-state index is 12.3. The Hall–Kier alpha value is -5.53. The van der Waals surface area contributed by atoms with Crippen molar-refractivity contribution in [3.63, 3.8) is 0 Å². The van der Waals surface area contributed by atoms with E-state index in [2.05, 4.69) is 15.0 Å². The van der Waals surface area contributed by atoms with E-state index in [1.165, 1.54) is 19.4 Å². The number of anilines is 1. The highest BCUT2D eigenvalue weighted by atomic mass is 35.5. The van der Waals surface area contributed by atoms with Crippen LogP contribution in [0.5, 0.6) is 0 Å². The third kappa shape index (κ3) is 7.06. The molecule has 6 heterocycles. The Bertz CT molecular complexity index is 2370. The molecule has 0 fully saturated rings. The summed E-state index contributed by atoms with van der Waals surface area (Å²) in [6.07, 6.45) is 6.17. The van der Waals surface area contributed by atoms with E-state index in [0.717, 1.165) is 11.1 Å². The first kappa shape index (κ1) is 35.3. The minimum Gasteiger partial charge on any atom is -0.356 e. The number of pyridine rings is 3. The molecule has 246 valence electrons. The first-order chi connectivity index (χ1) is 23.0. The summed E-state index contributed by atoms with van der Waals surface area (Å²) in [6.45, 7) is 9.12. The first-order valence-electron chi connectivity index (χ1n) is 14.5. The molecule has 0 spiro atoms. The number of rotatable bonds is 6. The van der Waals surface area contributed by atoms with Crippen molar-refractivity contribution in [3.8, 4) is 0 Å². The van der Waals surface area contributed by atoms with Gasteiger partial charge >= 0.3 is 0 Å². The summed E-state index contributed by atoms with van der Waals surface area (Å²) in [5.74, 6) is 0.472. The Labute approximate surface area is 282 Å². The van der Waals surface area contributed by atoms with Crippen LogP contribution in [0.25, 0.3) is 16.9 Å². The van der Waals surface area contributed by atoms with Gasteiger partial charge in [-0.1, -0.05) is 35.3 Å². The number of fused-ring (bicyclic) bond motifs is 3. The highest BCUT2D eigenvalue weighted by Crippen LogP contribution is 2.16. The van der Waals surface area contributed by atoms with Crippen LogP contribution in [-0.2, 0) is 0 Å². The molecule has 0 aliphatic rings. The summed E-state index contributed by atoms with van der Waals surface area (Å²) >= 11 is 11.4. The number of aromatic nitrogens is 6. The zero-order chi connectivity index (χ0) is 35.1. The van der Waals surface area contributed by atoms with E-state index >= 15 is 0 Å². The normalized spacial score (nSPS) is 10.5. The molecule has 0 aromatic carbocycles. The molecule has 0 aliphatic carbocycles. The van der Waals surface area contributed by atoms with Crippen LogP contribution in [0.4, 0.5) is 5.82 Å². The fourth-order valence-electron chi connectivity index (χ4n) is 4.67. The van der Waals surface area contributed by atoms with Gasteiger partial charge in [0.2, 0.25) is 0 Å². The predicted molar refractivity (Wildman–Crippen MR) is 184 cm³/mol. The molecule has 0 bridgehead atoms. The molecule has 13 nitrogen and oxygen atoms in total. The fraction of sp³-hybridized carbons (Fsp3) is 0.182. The lowest BCUT2D eigenvalue weighted by atomic mass is 10.2. The Morgan fingerprint density at radius 2 is 1.21 bits per heavy atom. The number of halogens is 2. The first-order valence-corrected chi connectivity index (χ1v) is 15.2. The van der Waals surface area contributed by atoms with Crippen molar-refractivity contribution in [3.05, 3.63) is 130 Å². The lowest BCUT2D eigenvalue weighted by molar-refractivity contribution is 0.111. The number of hydrogen-bond donors (Lipinski definition) is 0.